The molecule has 1 aromatic heterocycles. The summed E-state index contributed by atoms with van der Waals surface area (Å²) in [5, 5.41) is 5.58. The van der Waals surface area contributed by atoms with Crippen LogP contribution in [0.4, 0.5) is 15.8 Å². The molecule has 1 aliphatic rings. The third-order valence-corrected chi connectivity index (χ3v) is 5.56. The lowest BCUT2D eigenvalue weighted by Gasteiger charge is -2.31. The van der Waals surface area contributed by atoms with Crippen LogP contribution in [0.1, 0.15) is 33.6 Å². The first-order valence-corrected chi connectivity index (χ1v) is 10.7. The van der Waals surface area contributed by atoms with Gasteiger partial charge in [-0.05, 0) is 67.4 Å². The zero-order chi connectivity index (χ0) is 23.2. The molecule has 0 aliphatic carbocycles. The van der Waals surface area contributed by atoms with E-state index in [1.807, 2.05) is 0 Å². The summed E-state index contributed by atoms with van der Waals surface area (Å²) >= 11 is 0. The molecule has 0 saturated carbocycles. The number of benzene rings is 2. The van der Waals surface area contributed by atoms with E-state index in [0.717, 1.165) is 0 Å². The van der Waals surface area contributed by atoms with Crippen molar-refractivity contribution < 1.29 is 18.8 Å². The van der Waals surface area contributed by atoms with Crippen LogP contribution in [0.25, 0.3) is 0 Å². The standard InChI is InChI=1S/C25H23FN4O3/c26-20-6-8-21(9-7-20)28-23(31)17-10-13-30(14-11-17)25(33)18-3-1-5-22(15-18)29-24(32)19-4-2-12-27-16-19/h1-9,12,15-17H,10-11,13-14H2,(H,28,31)(H,29,32). The minimum Gasteiger partial charge on any atom is -0.339 e. The van der Waals surface area contributed by atoms with E-state index in [1.54, 1.807) is 47.5 Å². The summed E-state index contributed by atoms with van der Waals surface area (Å²) in [6, 6.07) is 15.8. The van der Waals surface area contributed by atoms with Gasteiger partial charge in [-0.1, -0.05) is 6.07 Å². The number of halogens is 1. The lowest BCUT2D eigenvalue weighted by molar-refractivity contribution is -0.121. The Morgan fingerprint density at radius 3 is 2.30 bits per heavy atom. The number of carbonyl (C=O) groups excluding carboxylic acids is 3. The van der Waals surface area contributed by atoms with Crippen LogP contribution >= 0.6 is 0 Å². The maximum absolute atomic E-state index is 13.0. The Balaban J connectivity index is 1.33. The van der Waals surface area contributed by atoms with E-state index >= 15 is 0 Å². The van der Waals surface area contributed by atoms with Gasteiger partial charge in [0.15, 0.2) is 0 Å². The molecule has 1 aliphatic heterocycles. The molecule has 0 unspecified atom stereocenters. The Kier molecular flexibility index (Phi) is 6.73. The van der Waals surface area contributed by atoms with Crippen molar-refractivity contribution in [2.45, 2.75) is 12.8 Å². The highest BCUT2D eigenvalue weighted by Crippen LogP contribution is 2.22. The molecule has 4 rings (SSSR count). The van der Waals surface area contributed by atoms with Gasteiger partial charge in [0.2, 0.25) is 5.91 Å². The first-order chi connectivity index (χ1) is 16.0. The van der Waals surface area contributed by atoms with E-state index in [1.165, 1.54) is 30.5 Å². The average Bonchev–Trinajstić information content (AvgIpc) is 2.86. The van der Waals surface area contributed by atoms with Crippen molar-refractivity contribution in [1.82, 2.24) is 9.88 Å². The van der Waals surface area contributed by atoms with E-state index in [-0.39, 0.29) is 29.5 Å². The number of likely N-dealkylation sites (tertiary alicyclic amines) is 1. The summed E-state index contributed by atoms with van der Waals surface area (Å²) in [4.78, 5) is 43.5. The van der Waals surface area contributed by atoms with Crippen LogP contribution in [0.5, 0.6) is 0 Å². The second-order valence-electron chi connectivity index (χ2n) is 7.84. The number of anilines is 2. The number of pyridine rings is 1. The van der Waals surface area contributed by atoms with Crippen LogP contribution in [0.3, 0.4) is 0 Å². The van der Waals surface area contributed by atoms with Gasteiger partial charge in [0.1, 0.15) is 5.82 Å². The molecule has 0 atom stereocenters. The van der Waals surface area contributed by atoms with Gasteiger partial charge >= 0.3 is 0 Å². The van der Waals surface area contributed by atoms with Gasteiger partial charge in [-0.3, -0.25) is 19.4 Å². The number of carbonyl (C=O) groups is 3. The molecule has 1 saturated heterocycles. The van der Waals surface area contributed by atoms with Gasteiger partial charge in [0.05, 0.1) is 5.56 Å². The maximum atomic E-state index is 13.0. The molecule has 0 radical (unpaired) electrons. The van der Waals surface area contributed by atoms with Gasteiger partial charge in [0.25, 0.3) is 11.8 Å². The topological polar surface area (TPSA) is 91.4 Å². The SMILES string of the molecule is O=C(Nc1cccc(C(=O)N2CCC(C(=O)Nc3ccc(F)cc3)CC2)c1)c1cccnc1. The van der Waals surface area contributed by atoms with E-state index < -0.39 is 0 Å². The smallest absolute Gasteiger partial charge is 0.257 e. The maximum Gasteiger partial charge on any atom is 0.257 e. The predicted octanol–water partition coefficient (Wildman–Crippen LogP) is 3.96. The summed E-state index contributed by atoms with van der Waals surface area (Å²) in [7, 11) is 0. The molecule has 33 heavy (non-hydrogen) atoms. The number of hydrogen-bond donors (Lipinski definition) is 2. The van der Waals surface area contributed by atoms with Crippen LogP contribution in [0, 0.1) is 11.7 Å². The molecule has 168 valence electrons. The molecular weight excluding hydrogens is 423 g/mol. The molecule has 2 aromatic carbocycles. The predicted molar refractivity (Wildman–Crippen MR) is 122 cm³/mol. The van der Waals surface area contributed by atoms with Crippen molar-refractivity contribution in [3.05, 3.63) is 90.0 Å². The van der Waals surface area contributed by atoms with Crippen LogP contribution < -0.4 is 10.6 Å². The molecule has 0 spiro atoms. The fraction of sp³-hybridized carbons (Fsp3) is 0.200. The van der Waals surface area contributed by atoms with Crippen molar-refractivity contribution in [1.29, 1.82) is 0 Å². The molecule has 7 nitrogen and oxygen atoms in total. The van der Waals surface area contributed by atoms with E-state index in [4.69, 9.17) is 0 Å². The Labute approximate surface area is 190 Å². The fourth-order valence-corrected chi connectivity index (χ4v) is 3.74. The van der Waals surface area contributed by atoms with Crippen molar-refractivity contribution in [3.63, 3.8) is 0 Å². The van der Waals surface area contributed by atoms with Gasteiger partial charge in [-0.2, -0.15) is 0 Å². The number of hydrogen-bond acceptors (Lipinski definition) is 4. The van der Waals surface area contributed by atoms with Crippen molar-refractivity contribution in [2.75, 3.05) is 23.7 Å². The normalized spacial score (nSPS) is 13.9. The van der Waals surface area contributed by atoms with Crippen LogP contribution in [0.2, 0.25) is 0 Å². The second kappa shape index (κ2) is 10.0. The average molecular weight is 446 g/mol. The van der Waals surface area contributed by atoms with E-state index in [2.05, 4.69) is 15.6 Å². The lowest BCUT2D eigenvalue weighted by atomic mass is 9.95. The second-order valence-corrected chi connectivity index (χ2v) is 7.84. The molecule has 0 bridgehead atoms. The Bertz CT molecular complexity index is 1140. The molecule has 3 aromatic rings. The summed E-state index contributed by atoms with van der Waals surface area (Å²) in [6.45, 7) is 0.902. The minimum absolute atomic E-state index is 0.131. The zero-order valence-corrected chi connectivity index (χ0v) is 17.8. The molecule has 8 heteroatoms. The zero-order valence-electron chi connectivity index (χ0n) is 17.8. The first kappa shape index (κ1) is 22.1. The van der Waals surface area contributed by atoms with E-state index in [0.29, 0.717) is 48.4 Å². The molecule has 1 fully saturated rings. The summed E-state index contributed by atoms with van der Waals surface area (Å²) in [6.07, 6.45) is 4.14. The lowest BCUT2D eigenvalue weighted by Crippen LogP contribution is -2.41. The first-order valence-electron chi connectivity index (χ1n) is 10.7. The number of amides is 3. The van der Waals surface area contributed by atoms with Crippen molar-refractivity contribution in [2.24, 2.45) is 5.92 Å². The number of rotatable bonds is 5. The fourth-order valence-electron chi connectivity index (χ4n) is 3.74. The van der Waals surface area contributed by atoms with Crippen molar-refractivity contribution in [3.8, 4) is 0 Å². The van der Waals surface area contributed by atoms with Gasteiger partial charge in [0, 0.05) is 48.3 Å². The van der Waals surface area contributed by atoms with Crippen LogP contribution in [-0.2, 0) is 4.79 Å². The Morgan fingerprint density at radius 2 is 1.61 bits per heavy atom. The van der Waals surface area contributed by atoms with E-state index in [9.17, 15) is 18.8 Å². The van der Waals surface area contributed by atoms with Crippen LogP contribution in [-0.4, -0.2) is 40.7 Å². The monoisotopic (exact) mass is 446 g/mol. The molecule has 2 heterocycles. The highest BCUT2D eigenvalue weighted by atomic mass is 19.1. The number of nitrogens with one attached hydrogen (secondary N) is 2. The summed E-state index contributed by atoms with van der Waals surface area (Å²) < 4.78 is 13.0. The third kappa shape index (κ3) is 5.60. The highest BCUT2D eigenvalue weighted by Gasteiger charge is 2.28. The summed E-state index contributed by atoms with van der Waals surface area (Å²) in [5.41, 5.74) is 1.96. The third-order valence-electron chi connectivity index (χ3n) is 5.56. The van der Waals surface area contributed by atoms with Gasteiger partial charge < -0.3 is 15.5 Å². The minimum atomic E-state index is -0.361. The molecule has 3 amide bonds. The molecule has 2 N–H and O–H groups in total. The van der Waals surface area contributed by atoms with Crippen LogP contribution in [0.15, 0.2) is 73.1 Å². The van der Waals surface area contributed by atoms with Gasteiger partial charge in [-0.25, -0.2) is 4.39 Å². The van der Waals surface area contributed by atoms with Gasteiger partial charge in [-0.15, -0.1) is 0 Å². The Hall–Kier alpha value is -4.07. The van der Waals surface area contributed by atoms with Crippen molar-refractivity contribution >= 4 is 29.1 Å². The molecular formula is C25H23FN4O3. The number of aromatic nitrogens is 1. The quantitative estimate of drug-likeness (QED) is 0.621. The highest BCUT2D eigenvalue weighted by molar-refractivity contribution is 6.05. The number of nitrogens with zero attached hydrogens (tertiary/aromatic N) is 2. The summed E-state index contributed by atoms with van der Waals surface area (Å²) in [5.74, 6) is -1.16. The Morgan fingerprint density at radius 1 is 0.879 bits per heavy atom. The largest absolute Gasteiger partial charge is 0.339 e. The number of piperidine rings is 1.